The summed E-state index contributed by atoms with van der Waals surface area (Å²) < 4.78 is 1.99. The van der Waals surface area contributed by atoms with E-state index in [2.05, 4.69) is 29.4 Å². The molecule has 3 N–H and O–H groups in total. The highest BCUT2D eigenvalue weighted by Gasteiger charge is 2.27. The second kappa shape index (κ2) is 9.23. The van der Waals surface area contributed by atoms with Crippen LogP contribution in [0.15, 0.2) is 6.33 Å². The summed E-state index contributed by atoms with van der Waals surface area (Å²) in [5, 5.41) is 11.0. The molecule has 1 fully saturated rings. The maximum atomic E-state index is 11.9. The van der Waals surface area contributed by atoms with E-state index in [1.807, 2.05) is 4.57 Å². The number of carbonyl (C=O) groups excluding carboxylic acids is 1. The van der Waals surface area contributed by atoms with Crippen LogP contribution < -0.4 is 11.1 Å². The van der Waals surface area contributed by atoms with E-state index in [9.17, 15) is 4.79 Å². The summed E-state index contributed by atoms with van der Waals surface area (Å²) in [6.07, 6.45) is 4.40. The molecule has 0 radical (unpaired) electrons. The number of nitrogens with one attached hydrogen (secondary N) is 1. The summed E-state index contributed by atoms with van der Waals surface area (Å²) in [6.45, 7) is 5.49. The number of nitrogens with two attached hydrogens (primary N) is 1. The van der Waals surface area contributed by atoms with E-state index in [1.54, 1.807) is 6.33 Å². The van der Waals surface area contributed by atoms with E-state index in [0.29, 0.717) is 19.0 Å². The lowest BCUT2D eigenvalue weighted by atomic mass is 10.1. The Bertz CT molecular complexity index is 438. The van der Waals surface area contributed by atoms with Crippen LogP contribution in [0.3, 0.4) is 0 Å². The van der Waals surface area contributed by atoms with Crippen LogP contribution in [0.25, 0.3) is 0 Å². The molecule has 2 unspecified atom stereocenters. The number of amides is 1. The maximum absolute atomic E-state index is 11.9. The fraction of sp³-hybridized carbons (Fsp3) is 0.769. The van der Waals surface area contributed by atoms with Gasteiger partial charge in [-0.15, -0.1) is 35.0 Å². The molecule has 1 heterocycles. The van der Waals surface area contributed by atoms with Crippen molar-refractivity contribution in [2.45, 2.75) is 51.6 Å². The van der Waals surface area contributed by atoms with Gasteiger partial charge in [0.1, 0.15) is 12.2 Å². The number of hydrogen-bond acceptors (Lipinski definition) is 4. The monoisotopic (exact) mass is 337 g/mol. The molecule has 1 saturated carbocycles. The van der Waals surface area contributed by atoms with Crippen LogP contribution in [-0.4, -0.2) is 33.3 Å². The third-order valence-corrected chi connectivity index (χ3v) is 3.66. The van der Waals surface area contributed by atoms with Gasteiger partial charge in [0.25, 0.3) is 0 Å². The maximum Gasteiger partial charge on any atom is 0.223 e. The molecular formula is C13H25Cl2N5O. The Morgan fingerprint density at radius 1 is 1.48 bits per heavy atom. The number of carbonyl (C=O) groups is 1. The van der Waals surface area contributed by atoms with Crippen molar-refractivity contribution in [1.29, 1.82) is 0 Å². The summed E-state index contributed by atoms with van der Waals surface area (Å²) in [7, 11) is 0. The van der Waals surface area contributed by atoms with E-state index < -0.39 is 0 Å². The minimum absolute atomic E-state index is 0. The first kappa shape index (κ1) is 20.1. The first-order chi connectivity index (χ1) is 9.08. The molecule has 1 aromatic rings. The van der Waals surface area contributed by atoms with Crippen molar-refractivity contribution in [3.8, 4) is 0 Å². The van der Waals surface area contributed by atoms with Gasteiger partial charge < -0.3 is 15.6 Å². The standard InChI is InChI=1S/C13H23N5O.2ClH/c1-9(2)12-17-16-8-18(12)6-5-15-13(19)10-3-4-11(14)7-10;;/h8-11H,3-7,14H2,1-2H3,(H,15,19);2*1H. The quantitative estimate of drug-likeness (QED) is 0.852. The van der Waals surface area contributed by atoms with E-state index in [-0.39, 0.29) is 42.7 Å². The molecule has 0 spiro atoms. The van der Waals surface area contributed by atoms with Crippen molar-refractivity contribution in [1.82, 2.24) is 20.1 Å². The average molecular weight is 338 g/mol. The number of nitrogens with zero attached hydrogens (tertiary/aromatic N) is 3. The van der Waals surface area contributed by atoms with Crippen LogP contribution >= 0.6 is 24.8 Å². The minimum atomic E-state index is 0. The summed E-state index contributed by atoms with van der Waals surface area (Å²) in [4.78, 5) is 11.9. The van der Waals surface area contributed by atoms with Crippen molar-refractivity contribution in [2.75, 3.05) is 6.54 Å². The van der Waals surface area contributed by atoms with Gasteiger partial charge in [-0.3, -0.25) is 4.79 Å². The Morgan fingerprint density at radius 2 is 2.19 bits per heavy atom. The van der Waals surface area contributed by atoms with Gasteiger partial charge in [0.15, 0.2) is 0 Å². The van der Waals surface area contributed by atoms with Gasteiger partial charge in [0.05, 0.1) is 0 Å². The molecule has 6 nitrogen and oxygen atoms in total. The van der Waals surface area contributed by atoms with Crippen LogP contribution in [0.1, 0.15) is 44.9 Å². The van der Waals surface area contributed by atoms with Crippen LogP contribution in [0.4, 0.5) is 0 Å². The number of aromatic nitrogens is 3. The van der Waals surface area contributed by atoms with Crippen molar-refractivity contribution < 1.29 is 4.79 Å². The van der Waals surface area contributed by atoms with Crippen LogP contribution in [0.2, 0.25) is 0 Å². The average Bonchev–Trinajstić information content (AvgIpc) is 2.97. The van der Waals surface area contributed by atoms with Gasteiger partial charge in [-0.1, -0.05) is 13.8 Å². The highest BCUT2D eigenvalue weighted by atomic mass is 35.5. The minimum Gasteiger partial charge on any atom is -0.354 e. The third kappa shape index (κ3) is 5.45. The molecule has 1 amide bonds. The molecule has 1 aromatic heterocycles. The Labute approximate surface area is 138 Å². The lowest BCUT2D eigenvalue weighted by Crippen LogP contribution is -2.33. The summed E-state index contributed by atoms with van der Waals surface area (Å²) in [5.41, 5.74) is 5.82. The number of rotatable bonds is 5. The highest BCUT2D eigenvalue weighted by molar-refractivity contribution is 5.85. The second-order valence-electron chi connectivity index (χ2n) is 5.60. The molecule has 2 rings (SSSR count). The molecule has 2 atom stereocenters. The predicted molar refractivity (Wildman–Crippen MR) is 86.9 cm³/mol. The van der Waals surface area contributed by atoms with Gasteiger partial charge >= 0.3 is 0 Å². The Kier molecular flexibility index (Phi) is 8.85. The molecule has 1 aliphatic carbocycles. The van der Waals surface area contributed by atoms with Crippen LogP contribution in [0, 0.1) is 5.92 Å². The third-order valence-electron chi connectivity index (χ3n) is 3.66. The molecule has 0 bridgehead atoms. The Hall–Kier alpha value is -0.850. The normalized spacial score (nSPS) is 20.8. The van der Waals surface area contributed by atoms with Gasteiger partial charge in [0, 0.05) is 31.0 Å². The smallest absolute Gasteiger partial charge is 0.223 e. The Balaban J connectivity index is 0.00000200. The van der Waals surface area contributed by atoms with Crippen LogP contribution in [0.5, 0.6) is 0 Å². The lowest BCUT2D eigenvalue weighted by Gasteiger charge is -2.12. The van der Waals surface area contributed by atoms with Gasteiger partial charge in [-0.05, 0) is 19.3 Å². The van der Waals surface area contributed by atoms with Crippen molar-refractivity contribution >= 4 is 30.7 Å². The van der Waals surface area contributed by atoms with Crippen LogP contribution in [-0.2, 0) is 11.3 Å². The molecule has 0 saturated heterocycles. The summed E-state index contributed by atoms with van der Waals surface area (Å²) >= 11 is 0. The largest absolute Gasteiger partial charge is 0.354 e. The topological polar surface area (TPSA) is 85.8 Å². The lowest BCUT2D eigenvalue weighted by molar-refractivity contribution is -0.124. The first-order valence-corrected chi connectivity index (χ1v) is 6.99. The zero-order chi connectivity index (χ0) is 13.8. The molecule has 122 valence electrons. The SMILES string of the molecule is CC(C)c1nncn1CCNC(=O)C1CCC(N)C1.Cl.Cl. The fourth-order valence-electron chi connectivity index (χ4n) is 2.58. The predicted octanol–water partition coefficient (Wildman–Crippen LogP) is 1.49. The molecule has 8 heteroatoms. The first-order valence-electron chi connectivity index (χ1n) is 6.99. The zero-order valence-corrected chi connectivity index (χ0v) is 14.1. The Morgan fingerprint density at radius 3 is 2.76 bits per heavy atom. The second-order valence-corrected chi connectivity index (χ2v) is 5.60. The molecule has 1 aliphatic rings. The van der Waals surface area contributed by atoms with Crippen molar-refractivity contribution in [2.24, 2.45) is 11.7 Å². The summed E-state index contributed by atoms with van der Waals surface area (Å²) in [6, 6.07) is 0.196. The van der Waals surface area contributed by atoms with Gasteiger partial charge in [-0.25, -0.2) is 0 Å². The van der Waals surface area contributed by atoms with Crippen molar-refractivity contribution in [3.05, 3.63) is 12.2 Å². The molecule has 0 aromatic carbocycles. The van der Waals surface area contributed by atoms with E-state index >= 15 is 0 Å². The van der Waals surface area contributed by atoms with Gasteiger partial charge in [0.2, 0.25) is 5.91 Å². The van der Waals surface area contributed by atoms with Crippen molar-refractivity contribution in [3.63, 3.8) is 0 Å². The number of halogens is 2. The number of hydrogen-bond donors (Lipinski definition) is 2. The zero-order valence-electron chi connectivity index (χ0n) is 12.5. The summed E-state index contributed by atoms with van der Waals surface area (Å²) in [5.74, 6) is 1.52. The molecule has 0 aliphatic heterocycles. The fourth-order valence-corrected chi connectivity index (χ4v) is 2.58. The highest BCUT2D eigenvalue weighted by Crippen LogP contribution is 2.23. The molecular weight excluding hydrogens is 313 g/mol. The van der Waals surface area contributed by atoms with E-state index in [1.165, 1.54) is 0 Å². The molecule has 21 heavy (non-hydrogen) atoms. The van der Waals surface area contributed by atoms with E-state index in [4.69, 9.17) is 5.73 Å². The van der Waals surface area contributed by atoms with Gasteiger partial charge in [-0.2, -0.15) is 0 Å². The van der Waals surface area contributed by atoms with E-state index in [0.717, 1.165) is 25.1 Å².